The molecule has 2 aromatic rings. The number of oxazole rings is 1. The van der Waals surface area contributed by atoms with Crippen molar-refractivity contribution in [1.82, 2.24) is 9.88 Å². The van der Waals surface area contributed by atoms with Gasteiger partial charge in [-0.15, -0.1) is 0 Å². The predicted molar refractivity (Wildman–Crippen MR) is 78.0 cm³/mol. The van der Waals surface area contributed by atoms with E-state index in [-0.39, 0.29) is 28.5 Å². The molecule has 0 N–H and O–H groups in total. The van der Waals surface area contributed by atoms with Gasteiger partial charge < -0.3 is 9.32 Å². The highest BCUT2D eigenvalue weighted by atomic mass is 19.4. The Balaban J connectivity index is 2.05. The Bertz CT molecular complexity index is 752. The van der Waals surface area contributed by atoms with Crippen LogP contribution in [0.5, 0.6) is 0 Å². The van der Waals surface area contributed by atoms with Crippen molar-refractivity contribution < 1.29 is 22.4 Å². The van der Waals surface area contributed by atoms with Gasteiger partial charge in [-0.1, -0.05) is 6.92 Å². The summed E-state index contributed by atoms with van der Waals surface area (Å²) in [5.41, 5.74) is -1.21. The number of carbonyl (C=O) groups excluding carboxylic acids is 1. The lowest BCUT2D eigenvalue weighted by atomic mass is 9.99. The fraction of sp³-hybridized carbons (Fsp3) is 0.500. The Hall–Kier alpha value is -2.05. The number of nitrogens with zero attached hydrogens (tertiary/aromatic N) is 2. The molecule has 3 rings (SSSR count). The van der Waals surface area contributed by atoms with Crippen molar-refractivity contribution in [3.05, 3.63) is 29.2 Å². The van der Waals surface area contributed by atoms with Gasteiger partial charge in [0.05, 0.1) is 0 Å². The molecule has 0 radical (unpaired) electrons. The van der Waals surface area contributed by atoms with Crippen LogP contribution in [0.1, 0.15) is 41.6 Å². The molecule has 0 aliphatic carbocycles. The lowest BCUT2D eigenvalue weighted by Gasteiger charge is -2.31. The number of aromatic nitrogens is 1. The molecule has 1 aromatic heterocycles. The zero-order valence-electron chi connectivity index (χ0n) is 12.9. The highest BCUT2D eigenvalue weighted by molar-refractivity contribution is 5.98. The summed E-state index contributed by atoms with van der Waals surface area (Å²) in [7, 11) is 0. The monoisotopic (exact) mass is 326 g/mol. The predicted octanol–water partition coefficient (Wildman–Crippen LogP) is 4.03. The van der Waals surface area contributed by atoms with Gasteiger partial charge in [-0.3, -0.25) is 4.79 Å². The third kappa shape index (κ3) is 3.04. The summed E-state index contributed by atoms with van der Waals surface area (Å²) in [6.45, 7) is 4.65. The van der Waals surface area contributed by atoms with Crippen molar-refractivity contribution in [1.29, 1.82) is 0 Å². The fourth-order valence-corrected chi connectivity index (χ4v) is 3.03. The molecule has 0 saturated carbocycles. The third-order valence-corrected chi connectivity index (χ3v) is 4.09. The molecule has 1 fully saturated rings. The molecule has 124 valence electrons. The number of carbonyl (C=O) groups is 1. The molecule has 0 unspecified atom stereocenters. The highest BCUT2D eigenvalue weighted by Gasteiger charge is 2.36. The van der Waals surface area contributed by atoms with Gasteiger partial charge in [0.2, 0.25) is 0 Å². The standard InChI is InChI=1S/C16H17F3N2O2/c1-9-4-3-5-21(8-9)15(22)11-6-12(16(17,18)19)14-13(7-11)20-10(2)23-14/h6-7,9H,3-5,8H2,1-2H3/t9-/m0/s1. The Morgan fingerprint density at radius 2 is 2.13 bits per heavy atom. The summed E-state index contributed by atoms with van der Waals surface area (Å²) >= 11 is 0. The number of benzene rings is 1. The van der Waals surface area contributed by atoms with Crippen molar-refractivity contribution in [2.45, 2.75) is 32.9 Å². The largest absolute Gasteiger partial charge is 0.440 e. The van der Waals surface area contributed by atoms with Crippen LogP contribution in [0.2, 0.25) is 0 Å². The summed E-state index contributed by atoms with van der Waals surface area (Å²) in [4.78, 5) is 18.1. The molecule has 1 atom stereocenters. The first-order valence-electron chi connectivity index (χ1n) is 7.53. The Kier molecular flexibility index (Phi) is 3.82. The van der Waals surface area contributed by atoms with Gasteiger partial charge in [-0.05, 0) is 30.9 Å². The molecule has 1 aliphatic heterocycles. The van der Waals surface area contributed by atoms with Gasteiger partial charge in [0.25, 0.3) is 5.91 Å². The first-order valence-corrected chi connectivity index (χ1v) is 7.53. The number of rotatable bonds is 1. The van der Waals surface area contributed by atoms with Crippen LogP contribution in [0.15, 0.2) is 16.5 Å². The number of amides is 1. The van der Waals surface area contributed by atoms with Crippen LogP contribution in [0.3, 0.4) is 0 Å². The summed E-state index contributed by atoms with van der Waals surface area (Å²) in [6.07, 6.45) is -2.71. The molecule has 1 aliphatic rings. The van der Waals surface area contributed by atoms with Crippen LogP contribution < -0.4 is 0 Å². The number of halogens is 3. The second-order valence-electron chi connectivity index (χ2n) is 6.10. The quantitative estimate of drug-likeness (QED) is 0.795. The van der Waals surface area contributed by atoms with Crippen LogP contribution in [-0.2, 0) is 6.18 Å². The molecule has 1 aromatic carbocycles. The van der Waals surface area contributed by atoms with Crippen molar-refractivity contribution in [3.63, 3.8) is 0 Å². The normalized spacial score (nSPS) is 19.3. The third-order valence-electron chi connectivity index (χ3n) is 4.09. The van der Waals surface area contributed by atoms with E-state index in [1.807, 2.05) is 6.92 Å². The van der Waals surface area contributed by atoms with E-state index in [2.05, 4.69) is 4.98 Å². The molecule has 0 spiro atoms. The van der Waals surface area contributed by atoms with E-state index in [4.69, 9.17) is 4.42 Å². The highest BCUT2D eigenvalue weighted by Crippen LogP contribution is 2.36. The van der Waals surface area contributed by atoms with Crippen molar-refractivity contribution in [2.24, 2.45) is 5.92 Å². The van der Waals surface area contributed by atoms with E-state index in [1.54, 1.807) is 4.90 Å². The Morgan fingerprint density at radius 3 is 2.78 bits per heavy atom. The van der Waals surface area contributed by atoms with Gasteiger partial charge in [0, 0.05) is 25.6 Å². The SMILES string of the molecule is Cc1nc2cc(C(=O)N3CCC[C@H](C)C3)cc(C(F)(F)F)c2o1. The number of piperidine rings is 1. The van der Waals surface area contributed by atoms with E-state index in [9.17, 15) is 18.0 Å². The second-order valence-corrected chi connectivity index (χ2v) is 6.10. The van der Waals surface area contributed by atoms with Gasteiger partial charge >= 0.3 is 6.18 Å². The topological polar surface area (TPSA) is 46.3 Å². The van der Waals surface area contributed by atoms with Gasteiger partial charge in [0.15, 0.2) is 11.5 Å². The van der Waals surface area contributed by atoms with E-state index in [1.165, 1.54) is 13.0 Å². The van der Waals surface area contributed by atoms with Crippen LogP contribution in [0.4, 0.5) is 13.2 Å². The number of aryl methyl sites for hydroxylation is 1. The lowest BCUT2D eigenvalue weighted by Crippen LogP contribution is -2.39. The molecule has 1 amide bonds. The molecule has 7 heteroatoms. The van der Waals surface area contributed by atoms with Crippen LogP contribution in [-0.4, -0.2) is 28.9 Å². The fourth-order valence-electron chi connectivity index (χ4n) is 3.03. The van der Waals surface area contributed by atoms with E-state index in [0.29, 0.717) is 19.0 Å². The van der Waals surface area contributed by atoms with Crippen LogP contribution in [0, 0.1) is 12.8 Å². The molecule has 2 heterocycles. The Morgan fingerprint density at radius 1 is 1.39 bits per heavy atom. The van der Waals surface area contributed by atoms with Crippen LogP contribution >= 0.6 is 0 Å². The van der Waals surface area contributed by atoms with Crippen molar-refractivity contribution >= 4 is 17.0 Å². The molecule has 0 bridgehead atoms. The summed E-state index contributed by atoms with van der Waals surface area (Å²) in [5.74, 6) is 0.110. The van der Waals surface area contributed by atoms with E-state index < -0.39 is 11.7 Å². The van der Waals surface area contributed by atoms with Gasteiger partial charge in [-0.2, -0.15) is 13.2 Å². The minimum Gasteiger partial charge on any atom is -0.440 e. The first-order chi connectivity index (χ1) is 10.8. The van der Waals surface area contributed by atoms with Gasteiger partial charge in [0.1, 0.15) is 11.1 Å². The van der Waals surface area contributed by atoms with Gasteiger partial charge in [-0.25, -0.2) is 4.98 Å². The maximum Gasteiger partial charge on any atom is 0.420 e. The smallest absolute Gasteiger partial charge is 0.420 e. The minimum absolute atomic E-state index is 0.00669. The molecular formula is C16H17F3N2O2. The molecular weight excluding hydrogens is 309 g/mol. The first kappa shape index (κ1) is 15.8. The summed E-state index contributed by atoms with van der Waals surface area (Å²) in [6, 6.07) is 2.25. The number of hydrogen-bond acceptors (Lipinski definition) is 3. The van der Waals surface area contributed by atoms with Crippen LogP contribution in [0.25, 0.3) is 11.1 Å². The molecule has 1 saturated heterocycles. The maximum atomic E-state index is 13.3. The zero-order chi connectivity index (χ0) is 16.8. The Labute approximate surface area is 131 Å². The van der Waals surface area contributed by atoms with Crippen molar-refractivity contribution in [3.8, 4) is 0 Å². The lowest BCUT2D eigenvalue weighted by molar-refractivity contribution is -0.136. The summed E-state index contributed by atoms with van der Waals surface area (Å²) < 4.78 is 44.9. The number of likely N-dealkylation sites (tertiary alicyclic amines) is 1. The number of fused-ring (bicyclic) bond motifs is 1. The van der Waals surface area contributed by atoms with E-state index >= 15 is 0 Å². The second kappa shape index (κ2) is 5.54. The summed E-state index contributed by atoms with van der Waals surface area (Å²) in [5, 5.41) is 0. The molecule has 23 heavy (non-hydrogen) atoms. The number of alkyl halides is 3. The molecule has 4 nitrogen and oxygen atoms in total. The zero-order valence-corrected chi connectivity index (χ0v) is 12.9. The maximum absolute atomic E-state index is 13.3. The number of hydrogen-bond donors (Lipinski definition) is 0. The minimum atomic E-state index is -4.60. The van der Waals surface area contributed by atoms with E-state index in [0.717, 1.165) is 18.9 Å². The average Bonchev–Trinajstić information content (AvgIpc) is 2.84. The average molecular weight is 326 g/mol. The van der Waals surface area contributed by atoms with Crippen molar-refractivity contribution in [2.75, 3.05) is 13.1 Å².